The van der Waals surface area contributed by atoms with Gasteiger partial charge in [0.25, 0.3) is 5.79 Å². The Morgan fingerprint density at radius 1 is 1.16 bits per heavy atom. The zero-order chi connectivity index (χ0) is 13.4. The summed E-state index contributed by atoms with van der Waals surface area (Å²) in [4.78, 5) is 21.9. The van der Waals surface area contributed by atoms with E-state index in [9.17, 15) is 4.79 Å². The Morgan fingerprint density at radius 3 is 2.63 bits per heavy atom. The van der Waals surface area contributed by atoms with Crippen LogP contribution in [0.4, 0.5) is 0 Å². The minimum absolute atomic E-state index is 0.390. The second-order valence-electron chi connectivity index (χ2n) is 5.32. The van der Waals surface area contributed by atoms with E-state index in [1.807, 2.05) is 26.0 Å². The summed E-state index contributed by atoms with van der Waals surface area (Å²) in [5, 5.41) is 0.854. The van der Waals surface area contributed by atoms with Gasteiger partial charge in [0.15, 0.2) is 16.9 Å². The third-order valence-electron chi connectivity index (χ3n) is 4.12. The highest BCUT2D eigenvalue weighted by molar-refractivity contribution is 5.87. The van der Waals surface area contributed by atoms with Crippen LogP contribution in [0.15, 0.2) is 27.4 Å². The second kappa shape index (κ2) is 3.00. The van der Waals surface area contributed by atoms with Crippen molar-refractivity contribution >= 4 is 11.0 Å². The maximum atomic E-state index is 11.6. The maximum Gasteiger partial charge on any atom is 0.336 e. The molecule has 0 amide bonds. The number of hydrogen-bond donors (Lipinski definition) is 0. The van der Waals surface area contributed by atoms with Crippen LogP contribution in [0.2, 0.25) is 0 Å². The quantitative estimate of drug-likeness (QED) is 0.537. The summed E-state index contributed by atoms with van der Waals surface area (Å²) in [7, 11) is 0. The fraction of sp³-hybridized carbons (Fsp3) is 0.357. The Morgan fingerprint density at radius 2 is 1.95 bits per heavy atom. The molecule has 2 atom stereocenters. The largest absolute Gasteiger partial charge is 0.452 e. The second-order valence-corrected chi connectivity index (χ2v) is 5.32. The number of benzene rings is 1. The molecule has 1 fully saturated rings. The molecule has 2 aliphatic rings. The summed E-state index contributed by atoms with van der Waals surface area (Å²) >= 11 is 0. The first-order chi connectivity index (χ1) is 8.95. The van der Waals surface area contributed by atoms with Crippen LogP contribution < -0.4 is 10.4 Å². The van der Waals surface area contributed by atoms with E-state index in [4.69, 9.17) is 18.9 Å². The Bertz CT molecular complexity index is 777. The fourth-order valence-corrected chi connectivity index (χ4v) is 2.72. The van der Waals surface area contributed by atoms with Crippen molar-refractivity contribution in [2.24, 2.45) is 0 Å². The highest BCUT2D eigenvalue weighted by atomic mass is 17.3. The Kier molecular flexibility index (Phi) is 1.74. The predicted molar refractivity (Wildman–Crippen MR) is 65.8 cm³/mol. The van der Waals surface area contributed by atoms with Crippen LogP contribution in [-0.4, -0.2) is 5.79 Å². The van der Waals surface area contributed by atoms with Gasteiger partial charge in [-0.2, -0.15) is 4.89 Å². The first kappa shape index (κ1) is 11.0. The van der Waals surface area contributed by atoms with Crippen LogP contribution in [0.1, 0.15) is 25.0 Å². The normalized spacial score (nSPS) is 31.5. The molecule has 0 N–H and O–H groups in total. The molecule has 4 rings (SSSR count). The molecule has 0 aliphatic carbocycles. The van der Waals surface area contributed by atoms with Gasteiger partial charge in [-0.15, -0.1) is 0 Å². The zero-order valence-corrected chi connectivity index (χ0v) is 10.8. The summed E-state index contributed by atoms with van der Waals surface area (Å²) in [6.45, 7) is 5.56. The maximum absolute atomic E-state index is 11.6. The van der Waals surface area contributed by atoms with Crippen molar-refractivity contribution < 1.29 is 18.9 Å². The lowest BCUT2D eigenvalue weighted by molar-refractivity contribution is -0.587. The molecular formula is C14H12O5. The molecule has 0 spiro atoms. The van der Waals surface area contributed by atoms with Gasteiger partial charge in [-0.25, -0.2) is 9.68 Å². The van der Waals surface area contributed by atoms with E-state index in [1.54, 1.807) is 6.92 Å². The molecule has 5 heteroatoms. The third kappa shape index (κ3) is 1.10. The highest BCUT2D eigenvalue weighted by Crippen LogP contribution is 2.58. The van der Waals surface area contributed by atoms with E-state index in [1.165, 1.54) is 6.07 Å². The van der Waals surface area contributed by atoms with Crippen molar-refractivity contribution in [2.75, 3.05) is 0 Å². The van der Waals surface area contributed by atoms with Gasteiger partial charge >= 0.3 is 5.63 Å². The van der Waals surface area contributed by atoms with E-state index in [2.05, 4.69) is 0 Å². The number of rotatable bonds is 0. The van der Waals surface area contributed by atoms with Gasteiger partial charge in [-0.3, -0.25) is 0 Å². The predicted octanol–water partition coefficient (Wildman–Crippen LogP) is 2.39. The first-order valence-electron chi connectivity index (χ1n) is 6.08. The number of aryl methyl sites for hydroxylation is 1. The summed E-state index contributed by atoms with van der Waals surface area (Å²) in [6, 6.07) is 5.31. The monoisotopic (exact) mass is 260 g/mol. The van der Waals surface area contributed by atoms with Crippen LogP contribution in [0.5, 0.6) is 5.75 Å². The number of ether oxygens (including phenoxy) is 1. The Labute approximate surface area is 108 Å². The summed E-state index contributed by atoms with van der Waals surface area (Å²) < 4.78 is 11.1. The van der Waals surface area contributed by atoms with Crippen molar-refractivity contribution in [3.05, 3.63) is 39.7 Å². The molecule has 0 saturated carbocycles. The third-order valence-corrected chi connectivity index (χ3v) is 4.12. The molecule has 2 unspecified atom stereocenters. The summed E-state index contributed by atoms with van der Waals surface area (Å²) in [5.41, 5.74) is 1.08. The van der Waals surface area contributed by atoms with Gasteiger partial charge in [0.05, 0.1) is 0 Å². The molecule has 1 saturated heterocycles. The van der Waals surface area contributed by atoms with E-state index >= 15 is 0 Å². The Balaban J connectivity index is 2.11. The average molecular weight is 260 g/mol. The van der Waals surface area contributed by atoms with Crippen molar-refractivity contribution in [1.29, 1.82) is 0 Å². The van der Waals surface area contributed by atoms with Crippen LogP contribution in [0, 0.1) is 6.92 Å². The van der Waals surface area contributed by atoms with Gasteiger partial charge in [0, 0.05) is 23.9 Å². The highest BCUT2D eigenvalue weighted by Gasteiger charge is 2.67. The Hall–Kier alpha value is -1.85. The molecule has 98 valence electrons. The zero-order valence-electron chi connectivity index (χ0n) is 10.8. The molecule has 1 aromatic carbocycles. The van der Waals surface area contributed by atoms with Gasteiger partial charge in [-0.1, -0.05) is 12.1 Å². The van der Waals surface area contributed by atoms with Gasteiger partial charge in [0.2, 0.25) is 0 Å². The molecule has 1 aromatic heterocycles. The smallest absolute Gasteiger partial charge is 0.336 e. The van der Waals surface area contributed by atoms with Crippen LogP contribution >= 0.6 is 0 Å². The SMILES string of the molecule is Cc1cc(=O)oc2c3c(ccc12)C1(C)OOC1(C)O3. The standard InChI is InChI=1S/C14H12O5/c1-7-6-10(15)16-11-8(7)4-5-9-12(11)17-14(3)13(9,2)18-19-14/h4-6H,1-3H3. The van der Waals surface area contributed by atoms with E-state index in [-0.39, 0.29) is 0 Å². The molecule has 2 aromatic rings. The minimum atomic E-state index is -0.869. The van der Waals surface area contributed by atoms with Crippen LogP contribution in [-0.2, 0) is 15.4 Å². The summed E-state index contributed by atoms with van der Waals surface area (Å²) in [5.74, 6) is -0.341. The topological polar surface area (TPSA) is 57.9 Å². The lowest BCUT2D eigenvalue weighted by atomic mass is 9.88. The van der Waals surface area contributed by atoms with Crippen molar-refractivity contribution in [3.8, 4) is 5.75 Å². The minimum Gasteiger partial charge on any atom is -0.452 e. The van der Waals surface area contributed by atoms with Crippen LogP contribution in [0.3, 0.4) is 0 Å². The summed E-state index contributed by atoms with van der Waals surface area (Å²) in [6.07, 6.45) is 0. The van der Waals surface area contributed by atoms with E-state index < -0.39 is 17.0 Å². The molecule has 3 heterocycles. The number of fused-ring (bicyclic) bond motifs is 5. The van der Waals surface area contributed by atoms with Gasteiger partial charge in [-0.05, 0) is 19.4 Å². The van der Waals surface area contributed by atoms with Crippen LogP contribution in [0.25, 0.3) is 11.0 Å². The number of hydrogen-bond acceptors (Lipinski definition) is 5. The van der Waals surface area contributed by atoms with Crippen molar-refractivity contribution in [3.63, 3.8) is 0 Å². The average Bonchev–Trinajstić information content (AvgIpc) is 2.50. The van der Waals surface area contributed by atoms with Crippen molar-refractivity contribution in [2.45, 2.75) is 32.2 Å². The lowest BCUT2D eigenvalue weighted by Crippen LogP contribution is -2.60. The van der Waals surface area contributed by atoms with Crippen molar-refractivity contribution in [1.82, 2.24) is 0 Å². The molecule has 0 radical (unpaired) electrons. The van der Waals surface area contributed by atoms with E-state index in [0.717, 1.165) is 16.5 Å². The molecule has 19 heavy (non-hydrogen) atoms. The molecule has 0 bridgehead atoms. The molecule has 2 aliphatic heterocycles. The van der Waals surface area contributed by atoms with Gasteiger partial charge < -0.3 is 9.15 Å². The molecular weight excluding hydrogens is 248 g/mol. The van der Waals surface area contributed by atoms with Gasteiger partial charge in [0.1, 0.15) is 0 Å². The van der Waals surface area contributed by atoms with E-state index in [0.29, 0.717) is 11.3 Å². The fourth-order valence-electron chi connectivity index (χ4n) is 2.72. The first-order valence-corrected chi connectivity index (χ1v) is 6.08. The molecule has 5 nitrogen and oxygen atoms in total. The lowest BCUT2D eigenvalue weighted by Gasteiger charge is -2.45.